The van der Waals surface area contributed by atoms with E-state index in [2.05, 4.69) is 20.8 Å². The number of aliphatic hydroxyl groups excluding tert-OH is 1. The molecular weight excluding hydrogens is 240 g/mol. The molecule has 0 bridgehead atoms. The van der Waals surface area contributed by atoms with Crippen molar-refractivity contribution in [3.8, 4) is 0 Å². The Morgan fingerprint density at radius 2 is 2.05 bits per heavy atom. The molecule has 0 amide bonds. The van der Waals surface area contributed by atoms with Crippen LogP contribution in [0.3, 0.4) is 0 Å². The molecule has 98 valence electrons. The Morgan fingerprint density at radius 1 is 1.21 bits per heavy atom. The van der Waals surface area contributed by atoms with Crippen LogP contribution in [0.1, 0.15) is 17.2 Å². The smallest absolute Gasteiger partial charge is 0.152 e. The van der Waals surface area contributed by atoms with E-state index in [1.807, 2.05) is 42.9 Å². The number of rotatable bonds is 3. The lowest BCUT2D eigenvalue weighted by Gasteiger charge is -2.08. The van der Waals surface area contributed by atoms with Gasteiger partial charge in [0.15, 0.2) is 5.82 Å². The third-order valence-electron chi connectivity index (χ3n) is 3.54. The van der Waals surface area contributed by atoms with Crippen LogP contribution in [0, 0.1) is 6.92 Å². The molecule has 0 radical (unpaired) electrons. The van der Waals surface area contributed by atoms with Gasteiger partial charge in [-0.15, -0.1) is 10.2 Å². The number of hydrogen-bond donors (Lipinski definition) is 1. The highest BCUT2D eigenvalue weighted by Gasteiger charge is 2.10. The van der Waals surface area contributed by atoms with Gasteiger partial charge in [-0.3, -0.25) is 0 Å². The summed E-state index contributed by atoms with van der Waals surface area (Å²) in [6, 6.07) is 8.01. The molecule has 1 aromatic carbocycles. The van der Waals surface area contributed by atoms with Crippen LogP contribution < -0.4 is 0 Å². The molecule has 0 fully saturated rings. The van der Waals surface area contributed by atoms with Crippen molar-refractivity contribution < 1.29 is 5.11 Å². The Bertz CT molecular complexity index is 726. The average Bonchev–Trinajstić information content (AvgIpc) is 2.98. The molecule has 19 heavy (non-hydrogen) atoms. The predicted octanol–water partition coefficient (Wildman–Crippen LogP) is 1.62. The van der Waals surface area contributed by atoms with Gasteiger partial charge in [0.25, 0.3) is 0 Å². The summed E-state index contributed by atoms with van der Waals surface area (Å²) in [7, 11) is 1.96. The zero-order valence-electron chi connectivity index (χ0n) is 11.0. The van der Waals surface area contributed by atoms with Crippen molar-refractivity contribution in [2.45, 2.75) is 20.1 Å². The van der Waals surface area contributed by atoms with Gasteiger partial charge in [0.2, 0.25) is 0 Å². The fraction of sp³-hybridized carbons (Fsp3) is 0.286. The summed E-state index contributed by atoms with van der Waals surface area (Å²) in [6.45, 7) is 2.63. The normalized spacial score (nSPS) is 11.3. The summed E-state index contributed by atoms with van der Waals surface area (Å²) in [5.41, 5.74) is 1.99. The minimum atomic E-state index is 0.0409. The van der Waals surface area contributed by atoms with Crippen molar-refractivity contribution in [3.05, 3.63) is 47.7 Å². The fourth-order valence-electron chi connectivity index (χ4n) is 2.34. The zero-order chi connectivity index (χ0) is 13.4. The molecule has 0 atom stereocenters. The van der Waals surface area contributed by atoms with Crippen molar-refractivity contribution in [1.29, 1.82) is 0 Å². The van der Waals surface area contributed by atoms with E-state index < -0.39 is 0 Å². The van der Waals surface area contributed by atoms with Crippen LogP contribution in [-0.2, 0) is 20.2 Å². The van der Waals surface area contributed by atoms with Gasteiger partial charge >= 0.3 is 0 Å². The Kier molecular flexibility index (Phi) is 2.83. The van der Waals surface area contributed by atoms with E-state index in [0.29, 0.717) is 6.54 Å². The summed E-state index contributed by atoms with van der Waals surface area (Å²) < 4.78 is 4.08. The number of nitrogens with zero attached hydrogens (tertiary/aromatic N) is 4. The summed E-state index contributed by atoms with van der Waals surface area (Å²) in [6.07, 6.45) is 2.02. The Balaban J connectivity index is 2.08. The van der Waals surface area contributed by atoms with Crippen molar-refractivity contribution in [3.63, 3.8) is 0 Å². The third kappa shape index (κ3) is 1.92. The maximum absolute atomic E-state index is 9.46. The molecule has 0 saturated heterocycles. The molecular formula is C14H16N4O. The topological polar surface area (TPSA) is 55.9 Å². The van der Waals surface area contributed by atoms with Crippen molar-refractivity contribution >= 4 is 10.9 Å². The second-order valence-electron chi connectivity index (χ2n) is 4.68. The van der Waals surface area contributed by atoms with Crippen LogP contribution in [0.2, 0.25) is 0 Å². The van der Waals surface area contributed by atoms with Crippen molar-refractivity contribution in [1.82, 2.24) is 19.3 Å². The Hall–Kier alpha value is -2.14. The molecule has 1 N–H and O–H groups in total. The van der Waals surface area contributed by atoms with E-state index in [0.717, 1.165) is 28.1 Å². The number of fused-ring (bicyclic) bond motifs is 1. The summed E-state index contributed by atoms with van der Waals surface area (Å²) in [5.74, 6) is 1.80. The molecule has 3 aromatic rings. The second-order valence-corrected chi connectivity index (χ2v) is 4.68. The molecule has 0 saturated carbocycles. The maximum Gasteiger partial charge on any atom is 0.152 e. The summed E-state index contributed by atoms with van der Waals surface area (Å²) >= 11 is 0. The van der Waals surface area contributed by atoms with E-state index in [4.69, 9.17) is 0 Å². The number of para-hydroxylation sites is 1. The van der Waals surface area contributed by atoms with Crippen LogP contribution >= 0.6 is 0 Å². The second kappa shape index (κ2) is 4.51. The van der Waals surface area contributed by atoms with E-state index in [-0.39, 0.29) is 6.61 Å². The van der Waals surface area contributed by atoms with E-state index >= 15 is 0 Å². The first-order chi connectivity index (χ1) is 9.20. The third-order valence-corrected chi connectivity index (χ3v) is 3.54. The summed E-state index contributed by atoms with van der Waals surface area (Å²) in [4.78, 5) is 0. The van der Waals surface area contributed by atoms with Gasteiger partial charge in [0.05, 0.1) is 18.7 Å². The minimum absolute atomic E-state index is 0.0409. The highest BCUT2D eigenvalue weighted by Crippen LogP contribution is 2.21. The number of aliphatic hydroxyl groups is 1. The maximum atomic E-state index is 9.46. The van der Waals surface area contributed by atoms with Crippen LogP contribution in [-0.4, -0.2) is 24.4 Å². The molecule has 5 nitrogen and oxygen atoms in total. The molecule has 2 aromatic heterocycles. The van der Waals surface area contributed by atoms with E-state index in [9.17, 15) is 5.11 Å². The van der Waals surface area contributed by atoms with Gasteiger partial charge in [-0.25, -0.2) is 0 Å². The minimum Gasteiger partial charge on any atom is -0.392 e. The molecule has 0 aliphatic carbocycles. The zero-order valence-corrected chi connectivity index (χ0v) is 11.0. The van der Waals surface area contributed by atoms with Gasteiger partial charge in [-0.05, 0) is 18.4 Å². The van der Waals surface area contributed by atoms with E-state index in [1.165, 1.54) is 0 Å². The van der Waals surface area contributed by atoms with Gasteiger partial charge in [-0.1, -0.05) is 18.2 Å². The molecule has 2 heterocycles. The average molecular weight is 256 g/mol. The SMILES string of the molecule is Cc1nnc(Cn2ccc3cccc(CO)c32)n1C. The number of hydrogen-bond acceptors (Lipinski definition) is 3. The predicted molar refractivity (Wildman–Crippen MR) is 72.7 cm³/mol. The first-order valence-electron chi connectivity index (χ1n) is 6.23. The molecule has 0 unspecified atom stereocenters. The van der Waals surface area contributed by atoms with Gasteiger partial charge in [0.1, 0.15) is 5.82 Å². The highest BCUT2D eigenvalue weighted by atomic mass is 16.3. The number of aryl methyl sites for hydroxylation is 1. The first-order valence-corrected chi connectivity index (χ1v) is 6.23. The quantitative estimate of drug-likeness (QED) is 0.774. The standard InChI is InChI=1S/C14H16N4O/c1-10-15-16-13(17(10)2)8-18-7-6-11-4-3-5-12(9-19)14(11)18/h3-7,19H,8-9H2,1-2H3. The van der Waals surface area contributed by atoms with Crippen LogP contribution in [0.25, 0.3) is 10.9 Å². The lowest BCUT2D eigenvalue weighted by Crippen LogP contribution is -2.06. The van der Waals surface area contributed by atoms with Crippen molar-refractivity contribution in [2.24, 2.45) is 7.05 Å². The molecule has 0 spiro atoms. The highest BCUT2D eigenvalue weighted by molar-refractivity contribution is 5.83. The Morgan fingerprint density at radius 3 is 2.74 bits per heavy atom. The lowest BCUT2D eigenvalue weighted by atomic mass is 10.1. The van der Waals surface area contributed by atoms with E-state index in [1.54, 1.807) is 0 Å². The van der Waals surface area contributed by atoms with Gasteiger partial charge in [-0.2, -0.15) is 0 Å². The Labute approximate surface area is 111 Å². The molecule has 0 aliphatic rings. The van der Waals surface area contributed by atoms with Gasteiger partial charge in [0, 0.05) is 18.8 Å². The molecule has 3 rings (SSSR count). The number of aromatic nitrogens is 4. The summed E-state index contributed by atoms with van der Waals surface area (Å²) in [5, 5.41) is 18.8. The van der Waals surface area contributed by atoms with Crippen molar-refractivity contribution in [2.75, 3.05) is 0 Å². The number of benzene rings is 1. The molecule has 5 heteroatoms. The van der Waals surface area contributed by atoms with Crippen LogP contribution in [0.15, 0.2) is 30.5 Å². The molecule has 0 aliphatic heterocycles. The monoisotopic (exact) mass is 256 g/mol. The van der Waals surface area contributed by atoms with Crippen LogP contribution in [0.4, 0.5) is 0 Å². The fourth-order valence-corrected chi connectivity index (χ4v) is 2.34. The largest absolute Gasteiger partial charge is 0.392 e. The van der Waals surface area contributed by atoms with Crippen LogP contribution in [0.5, 0.6) is 0 Å². The first kappa shape index (κ1) is 11.9. The van der Waals surface area contributed by atoms with Gasteiger partial charge < -0.3 is 14.2 Å². The lowest BCUT2D eigenvalue weighted by molar-refractivity contribution is 0.283.